The van der Waals surface area contributed by atoms with Gasteiger partial charge in [-0.3, -0.25) is 9.52 Å². The first-order valence-electron chi connectivity index (χ1n) is 9.54. The lowest BCUT2D eigenvalue weighted by Crippen LogP contribution is -2.16. The summed E-state index contributed by atoms with van der Waals surface area (Å²) in [5, 5.41) is 0. The van der Waals surface area contributed by atoms with Crippen LogP contribution in [-0.2, 0) is 16.6 Å². The molecule has 10 heteroatoms. The highest BCUT2D eigenvalue weighted by molar-refractivity contribution is 9.10. The van der Waals surface area contributed by atoms with Crippen molar-refractivity contribution >= 4 is 59.1 Å². The SMILES string of the molecule is CCn1c(=NC(=O)c2ccc(NS(=O)(=O)c3ccc(F)cc3)cc2)sc2cccc(Br)c21. The maximum Gasteiger partial charge on any atom is 0.279 e. The Bertz CT molecular complexity index is 1480. The molecule has 1 amide bonds. The summed E-state index contributed by atoms with van der Waals surface area (Å²) in [5.74, 6) is -0.950. The second kappa shape index (κ2) is 8.97. The van der Waals surface area contributed by atoms with Crippen LogP contribution in [0.15, 0.2) is 81.1 Å². The molecule has 6 nitrogen and oxygen atoms in total. The number of fused-ring (bicyclic) bond motifs is 1. The number of aryl methyl sites for hydroxylation is 1. The molecule has 1 N–H and O–H groups in total. The minimum atomic E-state index is -3.87. The Morgan fingerprint density at radius 2 is 1.78 bits per heavy atom. The number of thiazole rings is 1. The van der Waals surface area contributed by atoms with Gasteiger partial charge in [0.2, 0.25) is 0 Å². The highest BCUT2D eigenvalue weighted by atomic mass is 79.9. The molecule has 0 saturated carbocycles. The minimum absolute atomic E-state index is 0.0610. The van der Waals surface area contributed by atoms with Gasteiger partial charge < -0.3 is 4.57 Å². The number of hydrogen-bond donors (Lipinski definition) is 1. The number of hydrogen-bond acceptors (Lipinski definition) is 4. The van der Waals surface area contributed by atoms with Crippen LogP contribution in [0.5, 0.6) is 0 Å². The highest BCUT2D eigenvalue weighted by Crippen LogP contribution is 2.26. The number of para-hydroxylation sites is 1. The number of sulfonamides is 1. The lowest BCUT2D eigenvalue weighted by molar-refractivity contribution is 0.0998. The molecule has 0 atom stereocenters. The fourth-order valence-electron chi connectivity index (χ4n) is 3.13. The van der Waals surface area contributed by atoms with Crippen LogP contribution in [0.1, 0.15) is 17.3 Å². The molecule has 32 heavy (non-hydrogen) atoms. The Labute approximate surface area is 196 Å². The molecule has 0 aliphatic carbocycles. The normalized spacial score (nSPS) is 12.3. The summed E-state index contributed by atoms with van der Waals surface area (Å²) in [4.78, 5) is 17.5. The van der Waals surface area contributed by atoms with Crippen LogP contribution in [0, 0.1) is 5.82 Å². The standard InChI is InChI=1S/C22H17BrFN3O3S2/c1-2-27-20-18(23)4-3-5-19(20)31-22(27)25-21(28)14-6-10-16(11-7-14)26-32(29,30)17-12-8-15(24)9-13-17/h3-13,26H,2H2,1H3. The second-order valence-corrected chi connectivity index (χ2v) is 10.3. The number of nitrogens with zero attached hydrogens (tertiary/aromatic N) is 2. The van der Waals surface area contributed by atoms with E-state index in [1.54, 1.807) is 0 Å². The lowest BCUT2D eigenvalue weighted by Gasteiger charge is -2.08. The molecule has 1 heterocycles. The van der Waals surface area contributed by atoms with Gasteiger partial charge in [0.1, 0.15) is 5.82 Å². The van der Waals surface area contributed by atoms with Crippen LogP contribution in [0.2, 0.25) is 0 Å². The predicted octanol–water partition coefficient (Wildman–Crippen LogP) is 5.17. The number of aromatic nitrogens is 1. The number of halogens is 2. The molecule has 0 aliphatic rings. The predicted molar refractivity (Wildman–Crippen MR) is 127 cm³/mol. The van der Waals surface area contributed by atoms with Crippen LogP contribution in [0.25, 0.3) is 10.2 Å². The highest BCUT2D eigenvalue weighted by Gasteiger charge is 2.15. The zero-order chi connectivity index (χ0) is 22.9. The molecule has 1 aromatic heterocycles. The molecular weight excluding hydrogens is 517 g/mol. The minimum Gasteiger partial charge on any atom is -0.316 e. The van der Waals surface area contributed by atoms with Crippen LogP contribution in [-0.4, -0.2) is 18.9 Å². The van der Waals surface area contributed by atoms with Crippen molar-refractivity contribution in [2.45, 2.75) is 18.4 Å². The summed E-state index contributed by atoms with van der Waals surface area (Å²) in [6, 6.07) is 16.4. The number of amides is 1. The fraction of sp³-hybridized carbons (Fsp3) is 0.0909. The summed E-state index contributed by atoms with van der Waals surface area (Å²) >= 11 is 4.97. The number of carbonyl (C=O) groups excluding carboxylic acids is 1. The van der Waals surface area contributed by atoms with Gasteiger partial charge in [0.15, 0.2) is 4.80 Å². The number of benzene rings is 3. The first-order chi connectivity index (χ1) is 15.3. The van der Waals surface area contributed by atoms with Crippen molar-refractivity contribution in [1.82, 2.24) is 4.57 Å². The molecule has 0 fully saturated rings. The van der Waals surface area contributed by atoms with E-state index in [-0.39, 0.29) is 10.6 Å². The van der Waals surface area contributed by atoms with E-state index in [2.05, 4.69) is 25.6 Å². The van der Waals surface area contributed by atoms with E-state index >= 15 is 0 Å². The van der Waals surface area contributed by atoms with Crippen molar-refractivity contribution in [2.24, 2.45) is 4.99 Å². The first-order valence-corrected chi connectivity index (χ1v) is 12.6. The third kappa shape index (κ3) is 4.52. The van der Waals surface area contributed by atoms with Crippen molar-refractivity contribution in [1.29, 1.82) is 0 Å². The maximum atomic E-state index is 13.0. The zero-order valence-electron chi connectivity index (χ0n) is 16.7. The van der Waals surface area contributed by atoms with Crippen LogP contribution >= 0.6 is 27.3 Å². The van der Waals surface area contributed by atoms with Crippen molar-refractivity contribution in [3.05, 3.63) is 87.4 Å². The average molecular weight is 534 g/mol. The van der Waals surface area contributed by atoms with Gasteiger partial charge in [0.25, 0.3) is 15.9 Å². The van der Waals surface area contributed by atoms with Crippen molar-refractivity contribution in [3.63, 3.8) is 0 Å². The summed E-state index contributed by atoms with van der Waals surface area (Å²) in [6.45, 7) is 2.63. The van der Waals surface area contributed by atoms with Gasteiger partial charge in [-0.05, 0) is 83.5 Å². The van der Waals surface area contributed by atoms with Gasteiger partial charge in [0, 0.05) is 22.3 Å². The van der Waals surface area contributed by atoms with Gasteiger partial charge in [-0.25, -0.2) is 12.8 Å². The molecule has 0 unspecified atom stereocenters. The Morgan fingerprint density at radius 3 is 2.44 bits per heavy atom. The van der Waals surface area contributed by atoms with Crippen LogP contribution < -0.4 is 9.52 Å². The van der Waals surface area contributed by atoms with E-state index in [4.69, 9.17) is 0 Å². The van der Waals surface area contributed by atoms with Gasteiger partial charge in [-0.15, -0.1) is 0 Å². The van der Waals surface area contributed by atoms with E-state index in [9.17, 15) is 17.6 Å². The summed E-state index contributed by atoms with van der Waals surface area (Å²) in [5.41, 5.74) is 1.59. The molecule has 164 valence electrons. The first kappa shape index (κ1) is 22.4. The Balaban J connectivity index is 1.60. The van der Waals surface area contributed by atoms with E-state index in [0.29, 0.717) is 16.9 Å². The Kier molecular flexibility index (Phi) is 6.27. The van der Waals surface area contributed by atoms with Gasteiger partial charge >= 0.3 is 0 Å². The maximum absolute atomic E-state index is 13.0. The molecule has 4 aromatic rings. The third-order valence-corrected chi connectivity index (χ3v) is 7.75. The molecule has 3 aromatic carbocycles. The molecule has 0 saturated heterocycles. The molecule has 0 aliphatic heterocycles. The quantitative estimate of drug-likeness (QED) is 0.384. The van der Waals surface area contributed by atoms with Crippen LogP contribution in [0.4, 0.5) is 10.1 Å². The number of nitrogens with one attached hydrogen (secondary N) is 1. The zero-order valence-corrected chi connectivity index (χ0v) is 20.0. The van der Waals surface area contributed by atoms with E-state index in [0.717, 1.165) is 26.8 Å². The van der Waals surface area contributed by atoms with Gasteiger partial charge in [-0.2, -0.15) is 4.99 Å². The van der Waals surface area contributed by atoms with E-state index < -0.39 is 21.7 Å². The largest absolute Gasteiger partial charge is 0.316 e. The summed E-state index contributed by atoms with van der Waals surface area (Å²) in [6.07, 6.45) is 0. The molecular formula is C22H17BrFN3O3S2. The lowest BCUT2D eigenvalue weighted by atomic mass is 10.2. The van der Waals surface area contributed by atoms with E-state index in [1.807, 2.05) is 29.7 Å². The van der Waals surface area contributed by atoms with Crippen LogP contribution in [0.3, 0.4) is 0 Å². The number of anilines is 1. The number of carbonyl (C=O) groups is 1. The molecule has 0 radical (unpaired) electrons. The van der Waals surface area contributed by atoms with E-state index in [1.165, 1.54) is 47.7 Å². The Hall–Kier alpha value is -2.82. The molecule has 0 bridgehead atoms. The second-order valence-electron chi connectivity index (χ2n) is 6.77. The van der Waals surface area contributed by atoms with Gasteiger partial charge in [0.05, 0.1) is 15.1 Å². The van der Waals surface area contributed by atoms with Gasteiger partial charge in [-0.1, -0.05) is 17.4 Å². The molecule has 0 spiro atoms. The molecule has 4 rings (SSSR count). The topological polar surface area (TPSA) is 80.5 Å². The monoisotopic (exact) mass is 533 g/mol. The summed E-state index contributed by atoms with van der Waals surface area (Å²) < 4.78 is 44.2. The number of rotatable bonds is 5. The summed E-state index contributed by atoms with van der Waals surface area (Å²) in [7, 11) is -3.87. The van der Waals surface area contributed by atoms with Crippen molar-refractivity contribution in [2.75, 3.05) is 4.72 Å². The smallest absolute Gasteiger partial charge is 0.279 e. The van der Waals surface area contributed by atoms with Crippen molar-refractivity contribution < 1.29 is 17.6 Å². The van der Waals surface area contributed by atoms with Crippen molar-refractivity contribution in [3.8, 4) is 0 Å². The third-order valence-electron chi connectivity index (χ3n) is 4.67. The average Bonchev–Trinajstić information content (AvgIpc) is 3.12. The fourth-order valence-corrected chi connectivity index (χ4v) is 6.01. The Morgan fingerprint density at radius 1 is 1.09 bits per heavy atom.